The van der Waals surface area contributed by atoms with E-state index in [2.05, 4.69) is 10.00 Å². The minimum absolute atomic E-state index is 0.0144. The number of aryl methyl sites for hydroxylation is 1. The predicted molar refractivity (Wildman–Crippen MR) is 153 cm³/mol. The molecule has 12 nitrogen and oxygen atoms in total. The van der Waals surface area contributed by atoms with E-state index >= 15 is 0 Å². The molecule has 1 saturated heterocycles. The lowest BCUT2D eigenvalue weighted by Crippen LogP contribution is -2.37. The van der Waals surface area contributed by atoms with Gasteiger partial charge in [0.2, 0.25) is 0 Å². The SMILES string of the molecule is Cc1cc(-c2cc3nc(-n4ccc(-c5ccccc5)n4)cc(N4CCOCC4)n3n2)nn1COC(=O)[C@@H](N)C(C)C. The fraction of sp³-hybridized carbons (Fsp3) is 0.345. The van der Waals surface area contributed by atoms with Gasteiger partial charge in [-0.2, -0.15) is 19.8 Å². The van der Waals surface area contributed by atoms with Gasteiger partial charge < -0.3 is 20.1 Å². The summed E-state index contributed by atoms with van der Waals surface area (Å²) in [4.78, 5) is 19.4. The first-order valence-corrected chi connectivity index (χ1v) is 13.7. The number of ether oxygens (including phenoxy) is 2. The first-order valence-electron chi connectivity index (χ1n) is 13.7. The quantitative estimate of drug-likeness (QED) is 0.287. The van der Waals surface area contributed by atoms with Crippen LogP contribution in [0.4, 0.5) is 5.82 Å². The van der Waals surface area contributed by atoms with Gasteiger partial charge in [-0.3, -0.25) is 4.79 Å². The van der Waals surface area contributed by atoms with Gasteiger partial charge in [-0.1, -0.05) is 44.2 Å². The second-order valence-electron chi connectivity index (χ2n) is 10.4. The summed E-state index contributed by atoms with van der Waals surface area (Å²) < 4.78 is 16.3. The van der Waals surface area contributed by atoms with Gasteiger partial charge in [0.05, 0.1) is 18.9 Å². The molecule has 0 amide bonds. The molecule has 4 aromatic heterocycles. The van der Waals surface area contributed by atoms with Crippen LogP contribution in [-0.4, -0.2) is 72.5 Å². The number of nitrogens with two attached hydrogens (primary N) is 1. The number of nitrogens with zero attached hydrogens (tertiary/aromatic N) is 8. The van der Waals surface area contributed by atoms with E-state index in [1.165, 1.54) is 0 Å². The fourth-order valence-electron chi connectivity index (χ4n) is 4.68. The zero-order valence-corrected chi connectivity index (χ0v) is 23.3. The molecule has 1 fully saturated rings. The highest BCUT2D eigenvalue weighted by Crippen LogP contribution is 2.26. The summed E-state index contributed by atoms with van der Waals surface area (Å²) in [6, 6.07) is 17.2. The average molecular weight is 556 g/mol. The molecular formula is C29H33N9O3. The van der Waals surface area contributed by atoms with E-state index in [0.717, 1.165) is 35.9 Å². The lowest BCUT2D eigenvalue weighted by Gasteiger charge is -2.29. The summed E-state index contributed by atoms with van der Waals surface area (Å²) >= 11 is 0. The number of aromatic nitrogens is 7. The summed E-state index contributed by atoms with van der Waals surface area (Å²) in [5.74, 6) is 1.11. The maximum atomic E-state index is 12.2. The third kappa shape index (κ3) is 5.43. The van der Waals surface area contributed by atoms with Crippen LogP contribution in [0.15, 0.2) is 60.8 Å². The lowest BCUT2D eigenvalue weighted by atomic mass is 10.1. The van der Waals surface area contributed by atoms with Gasteiger partial charge in [-0.25, -0.2) is 14.3 Å². The average Bonchev–Trinajstić information content (AvgIpc) is 3.74. The fourth-order valence-corrected chi connectivity index (χ4v) is 4.68. The number of rotatable bonds is 8. The molecule has 0 spiro atoms. The Hall–Kier alpha value is -4.55. The standard InChI is InChI=1S/C29H33N9O3/c1-19(2)28(30)29(39)41-18-37-20(3)15-23(33-37)24-16-26-31-25(17-27(38(26)34-24)35-11-13-40-14-12-35)36-10-9-22(32-36)21-7-5-4-6-8-21/h4-10,15-17,19,28H,11-14,18,30H2,1-3H3/t28-/m0/s1. The molecule has 0 aliphatic carbocycles. The highest BCUT2D eigenvalue weighted by molar-refractivity contribution is 5.75. The first-order chi connectivity index (χ1) is 19.9. The van der Waals surface area contributed by atoms with E-state index in [1.807, 2.05) is 86.1 Å². The number of carbonyl (C=O) groups excluding carboxylic acids is 1. The Balaban J connectivity index is 1.34. The minimum atomic E-state index is -0.679. The van der Waals surface area contributed by atoms with Crippen molar-refractivity contribution in [3.8, 4) is 28.5 Å². The minimum Gasteiger partial charge on any atom is -0.441 e. The molecule has 0 unspecified atom stereocenters. The Morgan fingerprint density at radius 1 is 1.00 bits per heavy atom. The Labute approximate surface area is 237 Å². The van der Waals surface area contributed by atoms with Gasteiger partial charge in [0.1, 0.15) is 23.2 Å². The smallest absolute Gasteiger partial charge is 0.324 e. The number of fused-ring (bicyclic) bond motifs is 1. The van der Waals surface area contributed by atoms with Crippen molar-refractivity contribution >= 4 is 17.4 Å². The zero-order chi connectivity index (χ0) is 28.5. The van der Waals surface area contributed by atoms with Crippen LogP contribution in [0.25, 0.3) is 34.1 Å². The van der Waals surface area contributed by atoms with Crippen molar-refractivity contribution in [2.75, 3.05) is 31.2 Å². The number of hydrogen-bond donors (Lipinski definition) is 1. The van der Waals surface area contributed by atoms with Gasteiger partial charge in [-0.15, -0.1) is 0 Å². The molecule has 1 aromatic carbocycles. The molecule has 0 radical (unpaired) electrons. The monoisotopic (exact) mass is 555 g/mol. The van der Waals surface area contributed by atoms with Crippen molar-refractivity contribution in [3.05, 3.63) is 66.5 Å². The second-order valence-corrected chi connectivity index (χ2v) is 10.4. The van der Waals surface area contributed by atoms with Crippen LogP contribution in [0.1, 0.15) is 19.5 Å². The summed E-state index contributed by atoms with van der Waals surface area (Å²) in [7, 11) is 0. The van der Waals surface area contributed by atoms with E-state index in [9.17, 15) is 4.79 Å². The van der Waals surface area contributed by atoms with Gasteiger partial charge in [0, 0.05) is 42.7 Å². The molecule has 212 valence electrons. The summed E-state index contributed by atoms with van der Waals surface area (Å²) in [6.07, 6.45) is 1.92. The number of morpholine rings is 1. The van der Waals surface area contributed by atoms with Crippen molar-refractivity contribution in [1.82, 2.24) is 34.2 Å². The van der Waals surface area contributed by atoms with Crippen molar-refractivity contribution in [2.24, 2.45) is 11.7 Å². The van der Waals surface area contributed by atoms with Crippen LogP contribution in [0.2, 0.25) is 0 Å². The summed E-state index contributed by atoms with van der Waals surface area (Å²) in [6.45, 7) is 8.38. The number of benzene rings is 1. The Morgan fingerprint density at radius 2 is 1.76 bits per heavy atom. The van der Waals surface area contributed by atoms with E-state index < -0.39 is 12.0 Å². The first kappa shape index (κ1) is 26.7. The predicted octanol–water partition coefficient (Wildman–Crippen LogP) is 3.07. The maximum absolute atomic E-state index is 12.2. The van der Waals surface area contributed by atoms with E-state index in [1.54, 1.807) is 9.36 Å². The second kappa shape index (κ2) is 11.1. The maximum Gasteiger partial charge on any atom is 0.324 e. The van der Waals surface area contributed by atoms with E-state index in [0.29, 0.717) is 36.1 Å². The Bertz CT molecular complexity index is 1670. The van der Waals surface area contributed by atoms with Crippen LogP contribution in [-0.2, 0) is 21.0 Å². The summed E-state index contributed by atoms with van der Waals surface area (Å²) in [5, 5.41) is 14.3. The van der Waals surface area contributed by atoms with Crippen LogP contribution in [0.3, 0.4) is 0 Å². The molecule has 6 rings (SSSR count). The van der Waals surface area contributed by atoms with Gasteiger partial charge in [-0.05, 0) is 25.0 Å². The number of anilines is 1. The molecule has 2 N–H and O–H groups in total. The lowest BCUT2D eigenvalue weighted by molar-refractivity contribution is -0.150. The Morgan fingerprint density at radius 3 is 2.51 bits per heavy atom. The molecule has 5 aromatic rings. The third-order valence-electron chi connectivity index (χ3n) is 7.19. The van der Waals surface area contributed by atoms with Crippen LogP contribution < -0.4 is 10.6 Å². The zero-order valence-electron chi connectivity index (χ0n) is 23.3. The number of hydrogen-bond acceptors (Lipinski definition) is 9. The van der Waals surface area contributed by atoms with E-state index in [4.69, 9.17) is 30.4 Å². The van der Waals surface area contributed by atoms with E-state index in [-0.39, 0.29) is 12.6 Å². The van der Waals surface area contributed by atoms with Crippen LogP contribution in [0.5, 0.6) is 0 Å². The number of carbonyl (C=O) groups is 1. The molecule has 0 bridgehead atoms. The molecule has 1 atom stereocenters. The van der Waals surface area contributed by atoms with Gasteiger partial charge >= 0.3 is 5.97 Å². The molecule has 5 heterocycles. The Kier molecular flexibility index (Phi) is 7.25. The van der Waals surface area contributed by atoms with Crippen LogP contribution in [0, 0.1) is 12.8 Å². The molecule has 12 heteroatoms. The number of esters is 1. The normalized spacial score (nSPS) is 14.6. The summed E-state index contributed by atoms with van der Waals surface area (Å²) in [5.41, 5.74) is 10.6. The topological polar surface area (TPSA) is 131 Å². The third-order valence-corrected chi connectivity index (χ3v) is 7.19. The van der Waals surface area contributed by atoms with Crippen molar-refractivity contribution in [3.63, 3.8) is 0 Å². The molecular weight excluding hydrogens is 522 g/mol. The highest BCUT2D eigenvalue weighted by atomic mass is 16.5. The molecule has 1 aliphatic rings. The van der Waals surface area contributed by atoms with Crippen molar-refractivity contribution in [2.45, 2.75) is 33.5 Å². The van der Waals surface area contributed by atoms with Gasteiger partial charge in [0.25, 0.3) is 0 Å². The highest BCUT2D eigenvalue weighted by Gasteiger charge is 2.22. The molecule has 1 aliphatic heterocycles. The van der Waals surface area contributed by atoms with Crippen molar-refractivity contribution in [1.29, 1.82) is 0 Å². The van der Waals surface area contributed by atoms with Gasteiger partial charge in [0.15, 0.2) is 18.2 Å². The van der Waals surface area contributed by atoms with Crippen molar-refractivity contribution < 1.29 is 14.3 Å². The van der Waals surface area contributed by atoms with Crippen LogP contribution >= 0.6 is 0 Å². The molecule has 0 saturated carbocycles. The molecule has 41 heavy (non-hydrogen) atoms. The largest absolute Gasteiger partial charge is 0.441 e.